The molecule has 25 heteroatoms. The summed E-state index contributed by atoms with van der Waals surface area (Å²) in [6.45, 7) is 29.5. The lowest BCUT2D eigenvalue weighted by Gasteiger charge is -2.51. The van der Waals surface area contributed by atoms with E-state index >= 15 is 0 Å². The van der Waals surface area contributed by atoms with Crippen LogP contribution in [-0.2, 0) is 0 Å². The molecule has 9 aliphatic rings. The first-order valence-electron chi connectivity index (χ1n) is 39.7. The zero-order valence-electron chi connectivity index (χ0n) is 64.4. The molecule has 3 N–H and O–H groups in total. The van der Waals surface area contributed by atoms with E-state index in [0.29, 0.717) is 37.9 Å². The molecule has 22 bridgehead atoms. The van der Waals surface area contributed by atoms with Crippen LogP contribution in [0.3, 0.4) is 0 Å². The van der Waals surface area contributed by atoms with E-state index in [1.54, 1.807) is 0 Å². The van der Waals surface area contributed by atoms with E-state index < -0.39 is 0 Å². The molecule has 5 fully saturated rings. The number of hydrogen-bond donors (Lipinski definition) is 3. The predicted molar refractivity (Wildman–Crippen MR) is 438 cm³/mol. The van der Waals surface area contributed by atoms with Gasteiger partial charge >= 0.3 is 0 Å². The molecular formula is C86H105N21O4. The van der Waals surface area contributed by atoms with Crippen molar-refractivity contribution >= 4 is 45.9 Å². The fraction of sp³-hybridized carbons (Fsp3) is 0.442. The van der Waals surface area contributed by atoms with Crippen LogP contribution in [0.15, 0.2) is 147 Å². The molecule has 0 amide bonds. The standard InChI is InChI=1S/C25H32N6O.C21H25N5O.C20H23N5O.C19H21N5O.CH4/c1-17-4-7-20-12-21(17)22-13-27-31-10-8-23(28-24(22)31)26-9-11-29-16-25(2,3)30(18-5-6-18)14-19(29)15-32-20;1-15-5-6-16-12-18(15)19-13-23-21-8-7-20(24-26(19)21)22-9-11-25-10-3-2-4-17(14-25)27-16;1-14-3-4-16-11-17(14)18-12-21-25-8-6-19(22-20(18)25)23(2)15-5-7-24(13-15)9-10-26-16;1-13-2-3-15-10-16(13)17-11-20-24-7-5-18(22-19(17)24)21-14-4-6-23(12-14)8-9-25-15;/h4,7-8,10,12-13,18-19H,5-6,9,11,14-16H2,1-3H3,(H,26,28);5-8,12-13,17H,2-4,9-11,14H2,1H3,(H,22,24);3-4,6,8,11-12,15H,5,7,9-10,13H2,1-2H3;2-3,5,7,10-11,14H,4,6,8-9,12H2,1H3,(H,21,22);1H4/t19-;17-;15-;14-;/m0111./s1. The Balaban J connectivity index is 0.000000108. The predicted octanol–water partition coefficient (Wildman–Crippen LogP) is 12.6. The van der Waals surface area contributed by atoms with Gasteiger partial charge in [0, 0.05) is 157 Å². The van der Waals surface area contributed by atoms with Crippen LogP contribution in [0.1, 0.15) is 88.5 Å². The van der Waals surface area contributed by atoms with Crippen LogP contribution in [-0.4, -0.2) is 237 Å². The third kappa shape index (κ3) is 15.7. The number of imidazole rings is 1. The highest BCUT2D eigenvalue weighted by atomic mass is 16.5. The van der Waals surface area contributed by atoms with Crippen LogP contribution in [0.5, 0.6) is 23.0 Å². The van der Waals surface area contributed by atoms with E-state index in [0.717, 1.165) is 230 Å². The van der Waals surface area contributed by atoms with Crippen LogP contribution in [0.2, 0.25) is 0 Å². The minimum atomic E-state index is 0. The Morgan fingerprint density at radius 3 is 1.73 bits per heavy atom. The summed E-state index contributed by atoms with van der Waals surface area (Å²) in [5.41, 5.74) is 17.1. The highest BCUT2D eigenvalue weighted by Gasteiger charge is 2.45. The molecule has 111 heavy (non-hydrogen) atoms. The normalized spacial score (nSPS) is 22.7. The van der Waals surface area contributed by atoms with Crippen molar-refractivity contribution in [1.82, 2.24) is 82.9 Å². The number of likely N-dealkylation sites (N-methyl/N-ethyl adjacent to an activating group) is 1. The Morgan fingerprint density at radius 1 is 0.468 bits per heavy atom. The number of nitrogens with one attached hydrogen (secondary N) is 3. The fourth-order valence-corrected chi connectivity index (χ4v) is 17.3. The average Bonchev–Trinajstić information content (AvgIpc) is 1.71. The second-order valence-corrected chi connectivity index (χ2v) is 31.9. The lowest BCUT2D eigenvalue weighted by Crippen LogP contribution is -2.65. The molecule has 4 saturated heterocycles. The van der Waals surface area contributed by atoms with Crippen LogP contribution < -0.4 is 39.8 Å². The van der Waals surface area contributed by atoms with E-state index in [9.17, 15) is 0 Å². The number of rotatable bonds is 1. The molecule has 0 radical (unpaired) electrons. The lowest BCUT2D eigenvalue weighted by atomic mass is 9.95. The molecule has 7 atom stereocenters. The first-order valence-corrected chi connectivity index (χ1v) is 39.7. The van der Waals surface area contributed by atoms with Crippen molar-refractivity contribution in [3.63, 3.8) is 0 Å². The molecule has 25 nitrogen and oxygen atoms in total. The number of hydrogen-bond acceptors (Lipinski definition) is 21. The first-order chi connectivity index (χ1) is 53.7. The van der Waals surface area contributed by atoms with Crippen LogP contribution in [0.25, 0.3) is 67.2 Å². The van der Waals surface area contributed by atoms with Gasteiger partial charge in [0.05, 0.1) is 36.5 Å². The van der Waals surface area contributed by atoms with Crippen LogP contribution in [0, 0.1) is 27.7 Å². The van der Waals surface area contributed by atoms with Crippen molar-refractivity contribution in [3.05, 3.63) is 169 Å². The summed E-state index contributed by atoms with van der Waals surface area (Å²) >= 11 is 0. The van der Waals surface area contributed by atoms with E-state index in [1.165, 1.54) is 47.9 Å². The molecule has 12 aromatic rings. The summed E-state index contributed by atoms with van der Waals surface area (Å²) in [4.78, 5) is 34.3. The second-order valence-electron chi connectivity index (χ2n) is 31.9. The van der Waals surface area contributed by atoms with Gasteiger partial charge in [-0.25, -0.2) is 38.0 Å². The molecular weight excluding hydrogens is 1390 g/mol. The van der Waals surface area contributed by atoms with Crippen molar-refractivity contribution in [2.75, 3.05) is 139 Å². The SMILES string of the molecule is C.Cc1ccc2cc1-c1cnc3ccc(nn13)NCCN1CCCC[C@H](C1)O2.Cc1ccc2cc1-c1cnn3ccc(nc13)N(C)[C@@H]1CCN(CCO2)C1.Cc1ccc2cc1-c1cnn3ccc(nc13)NCCN1CC(C)(C)N(C3CC3)C[C@H]1CO2.Cc1ccc2cc1-c1cnn3ccc(nc13)N[C@@H]1CCN(CCO2)C1. The molecule has 0 spiro atoms. The number of nitrogens with zero attached hydrogens (tertiary/aromatic N) is 18. The maximum Gasteiger partial charge on any atom is 0.165 e. The van der Waals surface area contributed by atoms with Crippen LogP contribution >= 0.6 is 0 Å². The molecule has 21 rings (SSSR count). The molecule has 8 aliphatic heterocycles. The van der Waals surface area contributed by atoms with Gasteiger partial charge < -0.3 is 39.8 Å². The smallest absolute Gasteiger partial charge is 0.165 e. The van der Waals surface area contributed by atoms with Gasteiger partial charge in [0.25, 0.3) is 0 Å². The Labute approximate surface area is 649 Å². The Kier molecular flexibility index (Phi) is 20.7. The maximum absolute atomic E-state index is 6.42. The maximum atomic E-state index is 6.42. The van der Waals surface area contributed by atoms with Gasteiger partial charge in [-0.3, -0.25) is 24.5 Å². The average molecular weight is 1500 g/mol. The molecule has 8 aromatic heterocycles. The third-order valence-corrected chi connectivity index (χ3v) is 23.7. The number of fused-ring (bicyclic) bond motifs is 23. The molecule has 1 saturated carbocycles. The fourth-order valence-electron chi connectivity index (χ4n) is 17.3. The van der Waals surface area contributed by atoms with Gasteiger partial charge in [-0.1, -0.05) is 31.7 Å². The minimum absolute atomic E-state index is 0. The van der Waals surface area contributed by atoms with Gasteiger partial charge in [-0.15, -0.1) is 5.10 Å². The number of piperazine rings is 1. The van der Waals surface area contributed by atoms with Crippen molar-refractivity contribution in [2.45, 2.75) is 130 Å². The molecule has 4 aromatic carbocycles. The number of benzene rings is 4. The third-order valence-electron chi connectivity index (χ3n) is 23.7. The van der Waals surface area contributed by atoms with Gasteiger partial charge in [-0.2, -0.15) is 15.3 Å². The van der Waals surface area contributed by atoms with E-state index in [2.05, 4.69) is 187 Å². The van der Waals surface area contributed by atoms with Crippen LogP contribution in [0.4, 0.5) is 23.3 Å². The monoisotopic (exact) mass is 1500 g/mol. The van der Waals surface area contributed by atoms with Gasteiger partial charge in [0.15, 0.2) is 22.6 Å². The van der Waals surface area contributed by atoms with Crippen molar-refractivity contribution in [1.29, 1.82) is 0 Å². The Morgan fingerprint density at radius 2 is 1.05 bits per heavy atom. The molecule has 1 aliphatic carbocycles. The number of ether oxygens (including phenoxy) is 4. The second kappa shape index (κ2) is 31.4. The van der Waals surface area contributed by atoms with Crippen molar-refractivity contribution in [2.24, 2.45) is 0 Å². The topological polar surface area (TPSA) is 213 Å². The van der Waals surface area contributed by atoms with Gasteiger partial charge in [0.1, 0.15) is 72.2 Å². The highest BCUT2D eigenvalue weighted by molar-refractivity contribution is 5.83. The number of anilines is 4. The zero-order chi connectivity index (χ0) is 74.6. The quantitative estimate of drug-likeness (QED) is 0.139. The van der Waals surface area contributed by atoms with E-state index in [-0.39, 0.29) is 19.1 Å². The minimum Gasteiger partial charge on any atom is -0.492 e. The Bertz CT molecular complexity index is 5320. The summed E-state index contributed by atoms with van der Waals surface area (Å²) in [6.07, 6.45) is 22.3. The zero-order valence-corrected chi connectivity index (χ0v) is 64.4. The molecule has 16 heterocycles. The first kappa shape index (κ1) is 73.4. The Hall–Kier alpha value is -10.4. The van der Waals surface area contributed by atoms with E-state index in [4.69, 9.17) is 39.0 Å². The lowest BCUT2D eigenvalue weighted by molar-refractivity contribution is -0.0341. The summed E-state index contributed by atoms with van der Waals surface area (Å²) in [7, 11) is 2.15. The number of aromatic nitrogens is 12. The summed E-state index contributed by atoms with van der Waals surface area (Å²) < 4.78 is 32.4. The van der Waals surface area contributed by atoms with Crippen molar-refractivity contribution < 1.29 is 18.9 Å². The van der Waals surface area contributed by atoms with Crippen molar-refractivity contribution in [3.8, 4) is 67.6 Å². The number of aryl methyl sites for hydroxylation is 4. The van der Waals surface area contributed by atoms with E-state index in [1.807, 2.05) is 91.8 Å². The molecule has 3 unspecified atom stereocenters. The van der Waals surface area contributed by atoms with Gasteiger partial charge in [-0.05, 0) is 211 Å². The molecule has 578 valence electrons. The largest absolute Gasteiger partial charge is 0.492 e. The summed E-state index contributed by atoms with van der Waals surface area (Å²) in [5.74, 6) is 7.37. The summed E-state index contributed by atoms with van der Waals surface area (Å²) in [5, 5.41) is 28.9. The summed E-state index contributed by atoms with van der Waals surface area (Å²) in [6, 6.07) is 37.4. The highest BCUT2D eigenvalue weighted by Crippen LogP contribution is 2.40. The van der Waals surface area contributed by atoms with Gasteiger partial charge in [0.2, 0.25) is 0 Å².